The molecule has 1 unspecified atom stereocenters. The van der Waals surface area contributed by atoms with E-state index in [2.05, 4.69) is 0 Å². The lowest BCUT2D eigenvalue weighted by Crippen LogP contribution is -1.97. The zero-order valence-corrected chi connectivity index (χ0v) is 7.43. The van der Waals surface area contributed by atoms with Crippen molar-refractivity contribution >= 4 is 29.5 Å². The molecule has 0 aliphatic rings. The molecule has 1 atom stereocenters. The van der Waals surface area contributed by atoms with E-state index in [4.69, 9.17) is 28.3 Å². The van der Waals surface area contributed by atoms with Gasteiger partial charge in [0.05, 0.1) is 10.0 Å². The summed E-state index contributed by atoms with van der Waals surface area (Å²) in [5, 5.41) is 9.72. The first-order chi connectivity index (χ1) is 5.65. The van der Waals surface area contributed by atoms with E-state index in [9.17, 15) is 4.79 Å². The number of aliphatic hydroxyl groups excluding tert-OH is 1. The predicted octanol–water partition coefficient (Wildman–Crippen LogP) is 2.14. The highest BCUT2D eigenvalue weighted by atomic mass is 35.5. The summed E-state index contributed by atoms with van der Waals surface area (Å²) in [6.45, 7) is 0. The third kappa shape index (κ3) is 1.97. The zero-order valence-electron chi connectivity index (χ0n) is 5.92. The third-order valence-corrected chi connectivity index (χ3v) is 2.11. The minimum atomic E-state index is -1.25. The zero-order chi connectivity index (χ0) is 9.14. The lowest BCUT2D eigenvalue weighted by Gasteiger charge is -2.03. The number of benzene rings is 1. The lowest BCUT2D eigenvalue weighted by atomic mass is 10.1. The van der Waals surface area contributed by atoms with Crippen LogP contribution >= 0.6 is 23.2 Å². The quantitative estimate of drug-likeness (QED) is 0.801. The summed E-state index contributed by atoms with van der Waals surface area (Å²) in [5.41, 5.74) is 0.388. The van der Waals surface area contributed by atoms with Gasteiger partial charge in [0.25, 0.3) is 0 Å². The molecule has 0 fully saturated rings. The maximum Gasteiger partial charge on any atom is 0.234 e. The maximum atomic E-state index is 10.1. The molecule has 2 nitrogen and oxygen atoms in total. The summed E-state index contributed by atoms with van der Waals surface area (Å²) in [6.07, 6.45) is 0.182. The van der Waals surface area contributed by atoms with Crippen LogP contribution in [0.15, 0.2) is 18.2 Å². The van der Waals surface area contributed by atoms with Gasteiger partial charge in [-0.15, -0.1) is 0 Å². The van der Waals surface area contributed by atoms with Crippen LogP contribution in [0.1, 0.15) is 11.7 Å². The number of hydrogen-bond donors (Lipinski definition) is 1. The summed E-state index contributed by atoms with van der Waals surface area (Å²) in [6, 6.07) is 4.46. The maximum absolute atomic E-state index is 10.1. The molecule has 0 saturated heterocycles. The van der Waals surface area contributed by atoms with E-state index >= 15 is 0 Å². The summed E-state index contributed by atoms with van der Waals surface area (Å²) < 4.78 is 0. The van der Waals surface area contributed by atoms with Crippen molar-refractivity contribution in [3.63, 3.8) is 0 Å². The highest BCUT2D eigenvalue weighted by molar-refractivity contribution is 6.42. The van der Waals surface area contributed by atoms with Crippen molar-refractivity contribution in [3.8, 4) is 0 Å². The number of aliphatic hydroxyl groups is 1. The Morgan fingerprint density at radius 1 is 1.33 bits per heavy atom. The molecule has 1 rings (SSSR count). The normalized spacial score (nSPS) is 12.6. The van der Waals surface area contributed by atoms with Gasteiger partial charge >= 0.3 is 0 Å². The molecule has 0 spiro atoms. The Labute approximate surface area is 79.7 Å². The van der Waals surface area contributed by atoms with Crippen molar-refractivity contribution in [2.24, 2.45) is 0 Å². The van der Waals surface area contributed by atoms with Gasteiger partial charge in [0.2, 0.25) is 6.29 Å². The number of carbonyl (C=O) groups excluding carboxylic acids is 1. The second kappa shape index (κ2) is 3.90. The molecule has 4 heteroatoms. The molecule has 1 radical (unpaired) electrons. The second-order valence-corrected chi connectivity index (χ2v) is 3.01. The van der Waals surface area contributed by atoms with Crippen molar-refractivity contribution in [3.05, 3.63) is 33.8 Å². The molecule has 12 heavy (non-hydrogen) atoms. The van der Waals surface area contributed by atoms with Crippen molar-refractivity contribution < 1.29 is 9.90 Å². The first kappa shape index (κ1) is 9.52. The molecule has 1 aromatic carbocycles. The Balaban J connectivity index is 3.04. The molecule has 1 N–H and O–H groups in total. The monoisotopic (exact) mass is 203 g/mol. The van der Waals surface area contributed by atoms with Crippen LogP contribution in [0.25, 0.3) is 0 Å². The van der Waals surface area contributed by atoms with E-state index in [1.54, 1.807) is 0 Å². The standard InChI is InChI=1S/C8H5Cl2O2/c9-6-2-1-5(3-7(6)10)8(12)4-11/h1-3,8,12H. The van der Waals surface area contributed by atoms with E-state index in [0.29, 0.717) is 15.6 Å². The van der Waals surface area contributed by atoms with Crippen LogP contribution in [0.3, 0.4) is 0 Å². The fourth-order valence-corrected chi connectivity index (χ4v) is 1.06. The van der Waals surface area contributed by atoms with Crippen LogP contribution in [0.4, 0.5) is 0 Å². The second-order valence-electron chi connectivity index (χ2n) is 2.19. The van der Waals surface area contributed by atoms with Gasteiger partial charge in [-0.2, -0.15) is 0 Å². The molecule has 63 valence electrons. The average molecular weight is 204 g/mol. The van der Waals surface area contributed by atoms with Gasteiger partial charge in [-0.05, 0) is 17.7 Å². The Kier molecular flexibility index (Phi) is 3.09. The Morgan fingerprint density at radius 2 is 2.00 bits per heavy atom. The minimum Gasteiger partial charge on any atom is -0.380 e. The molecule has 0 saturated carbocycles. The Hall–Kier alpha value is -0.570. The molecule has 0 aliphatic carbocycles. The third-order valence-electron chi connectivity index (χ3n) is 1.37. The van der Waals surface area contributed by atoms with E-state index < -0.39 is 6.10 Å². The fourth-order valence-electron chi connectivity index (χ4n) is 0.751. The summed E-state index contributed by atoms with van der Waals surface area (Å²) in [4.78, 5) is 10.1. The lowest BCUT2D eigenvalue weighted by molar-refractivity contribution is 0.240. The van der Waals surface area contributed by atoms with Gasteiger partial charge in [0.15, 0.2) is 0 Å². The largest absolute Gasteiger partial charge is 0.380 e. The Bertz CT molecular complexity index is 299. The number of halogens is 2. The fraction of sp³-hybridized carbons (Fsp3) is 0.125. The first-order valence-corrected chi connectivity index (χ1v) is 3.91. The van der Waals surface area contributed by atoms with Gasteiger partial charge in [-0.25, -0.2) is 0 Å². The molecule has 0 aliphatic heterocycles. The smallest absolute Gasteiger partial charge is 0.234 e. The van der Waals surface area contributed by atoms with Gasteiger partial charge in [0, 0.05) is 0 Å². The average Bonchev–Trinajstić information content (AvgIpc) is 2.08. The van der Waals surface area contributed by atoms with Crippen LogP contribution in [0.5, 0.6) is 0 Å². The predicted molar refractivity (Wildman–Crippen MR) is 47.1 cm³/mol. The molecular formula is C8H5Cl2O2. The molecule has 0 heterocycles. The van der Waals surface area contributed by atoms with Gasteiger partial charge in [0.1, 0.15) is 6.10 Å². The minimum absolute atomic E-state index is 0.309. The molecule has 1 aromatic rings. The van der Waals surface area contributed by atoms with E-state index in [1.165, 1.54) is 24.5 Å². The van der Waals surface area contributed by atoms with Gasteiger partial charge < -0.3 is 5.11 Å². The SMILES string of the molecule is O=[C]C(O)c1ccc(Cl)c(Cl)c1. The molecule has 0 aromatic heterocycles. The van der Waals surface area contributed by atoms with Crippen molar-refractivity contribution in [2.45, 2.75) is 6.10 Å². The van der Waals surface area contributed by atoms with Crippen molar-refractivity contribution in [2.75, 3.05) is 0 Å². The van der Waals surface area contributed by atoms with E-state index in [0.717, 1.165) is 0 Å². The van der Waals surface area contributed by atoms with Crippen LogP contribution < -0.4 is 0 Å². The number of hydrogen-bond acceptors (Lipinski definition) is 2. The van der Waals surface area contributed by atoms with Crippen molar-refractivity contribution in [1.29, 1.82) is 0 Å². The van der Waals surface area contributed by atoms with Crippen LogP contribution in [0, 0.1) is 0 Å². The summed E-state index contributed by atoms with van der Waals surface area (Å²) in [7, 11) is 0. The van der Waals surface area contributed by atoms with Gasteiger partial charge in [-0.1, -0.05) is 29.3 Å². The van der Waals surface area contributed by atoms with E-state index in [-0.39, 0.29) is 0 Å². The summed E-state index contributed by atoms with van der Waals surface area (Å²) >= 11 is 11.3. The van der Waals surface area contributed by atoms with Gasteiger partial charge in [-0.3, -0.25) is 4.79 Å². The highest BCUT2D eigenvalue weighted by Crippen LogP contribution is 2.24. The Morgan fingerprint density at radius 3 is 2.50 bits per heavy atom. The first-order valence-electron chi connectivity index (χ1n) is 3.16. The van der Waals surface area contributed by atoms with E-state index in [1.807, 2.05) is 0 Å². The number of rotatable bonds is 2. The summed E-state index contributed by atoms with van der Waals surface area (Å²) in [5.74, 6) is 0. The molecule has 0 bridgehead atoms. The van der Waals surface area contributed by atoms with Crippen molar-refractivity contribution in [1.82, 2.24) is 0 Å². The molecular weight excluding hydrogens is 199 g/mol. The van der Waals surface area contributed by atoms with Crippen LogP contribution in [-0.4, -0.2) is 11.4 Å². The topological polar surface area (TPSA) is 37.3 Å². The molecule has 0 amide bonds. The highest BCUT2D eigenvalue weighted by Gasteiger charge is 2.08. The van der Waals surface area contributed by atoms with Crippen LogP contribution in [0.2, 0.25) is 10.0 Å². The van der Waals surface area contributed by atoms with Crippen LogP contribution in [-0.2, 0) is 4.79 Å².